The molecule has 1 aromatic carbocycles. The minimum absolute atomic E-state index is 0.115. The molecule has 0 bridgehead atoms. The van der Waals surface area contributed by atoms with Crippen molar-refractivity contribution in [1.29, 1.82) is 0 Å². The molecule has 0 aliphatic carbocycles. The smallest absolute Gasteiger partial charge is 0.224 e. The molecule has 0 amide bonds. The van der Waals surface area contributed by atoms with Gasteiger partial charge < -0.3 is 0 Å². The summed E-state index contributed by atoms with van der Waals surface area (Å²) in [6.07, 6.45) is 1.52. The zero-order valence-corrected chi connectivity index (χ0v) is 12.1. The summed E-state index contributed by atoms with van der Waals surface area (Å²) < 4.78 is 25.2. The minimum Gasteiger partial charge on any atom is -0.244 e. The predicted octanol–water partition coefficient (Wildman–Crippen LogP) is 3.35. The van der Waals surface area contributed by atoms with Crippen molar-refractivity contribution in [3.05, 3.63) is 53.7 Å². The second-order valence-electron chi connectivity index (χ2n) is 4.87. The lowest BCUT2D eigenvalue weighted by Crippen LogP contribution is -2.09. The van der Waals surface area contributed by atoms with Gasteiger partial charge in [-0.2, -0.15) is 0 Å². The molecule has 3 nitrogen and oxygen atoms in total. The van der Waals surface area contributed by atoms with E-state index >= 15 is 0 Å². The Morgan fingerprint density at radius 3 is 2.26 bits per heavy atom. The van der Waals surface area contributed by atoms with Crippen LogP contribution >= 0.6 is 0 Å². The fourth-order valence-electron chi connectivity index (χ4n) is 1.90. The molecular weight excluding hydrogens is 258 g/mol. The molecule has 0 spiro atoms. The summed E-state index contributed by atoms with van der Waals surface area (Å²) in [5.41, 5.74) is 1.78. The number of hydrogen-bond acceptors (Lipinski definition) is 3. The topological polar surface area (TPSA) is 47.0 Å². The molecule has 2 rings (SSSR count). The normalized spacial score (nSPS) is 11.8. The highest BCUT2D eigenvalue weighted by atomic mass is 32.2. The second-order valence-corrected chi connectivity index (χ2v) is 6.73. The predicted molar refractivity (Wildman–Crippen MR) is 75.0 cm³/mol. The Hall–Kier alpha value is -1.68. The van der Waals surface area contributed by atoms with Gasteiger partial charge in [0.1, 0.15) is 0 Å². The summed E-state index contributed by atoms with van der Waals surface area (Å²) >= 11 is 0. The maximum absolute atomic E-state index is 12.6. The summed E-state index contributed by atoms with van der Waals surface area (Å²) in [4.78, 5) is 4.37. The highest BCUT2D eigenvalue weighted by Crippen LogP contribution is 2.26. The van der Waals surface area contributed by atoms with Gasteiger partial charge in [-0.25, -0.2) is 13.4 Å². The van der Waals surface area contributed by atoms with Crippen LogP contribution in [0.1, 0.15) is 30.9 Å². The van der Waals surface area contributed by atoms with Crippen LogP contribution in [0.2, 0.25) is 0 Å². The van der Waals surface area contributed by atoms with Gasteiger partial charge in [0.25, 0.3) is 0 Å². The molecule has 2 aromatic rings. The Kier molecular flexibility index (Phi) is 3.71. The lowest BCUT2D eigenvalue weighted by atomic mass is 10.1. The van der Waals surface area contributed by atoms with E-state index in [9.17, 15) is 8.42 Å². The van der Waals surface area contributed by atoms with Crippen molar-refractivity contribution in [2.75, 3.05) is 0 Å². The van der Waals surface area contributed by atoms with Crippen LogP contribution in [-0.4, -0.2) is 13.4 Å². The van der Waals surface area contributed by atoms with Crippen LogP contribution in [-0.2, 0) is 9.84 Å². The third-order valence-electron chi connectivity index (χ3n) is 3.01. The Morgan fingerprint density at radius 2 is 1.68 bits per heavy atom. The maximum Gasteiger partial charge on any atom is 0.224 e. The summed E-state index contributed by atoms with van der Waals surface area (Å²) in [6, 6.07) is 10.4. The molecule has 0 fully saturated rings. The van der Waals surface area contributed by atoms with E-state index in [0.29, 0.717) is 4.90 Å². The van der Waals surface area contributed by atoms with Gasteiger partial charge in [0.05, 0.1) is 4.90 Å². The van der Waals surface area contributed by atoms with Crippen molar-refractivity contribution in [3.63, 3.8) is 0 Å². The van der Waals surface area contributed by atoms with Gasteiger partial charge in [-0.1, -0.05) is 37.6 Å². The molecule has 100 valence electrons. The zero-order valence-electron chi connectivity index (χ0n) is 11.3. The SMILES string of the molecule is Cc1ccc(S(=O)(=O)c2ncccc2C(C)C)cc1. The minimum atomic E-state index is -3.54. The molecule has 1 aromatic heterocycles. The molecule has 0 aliphatic heterocycles. The van der Waals surface area contributed by atoms with E-state index < -0.39 is 9.84 Å². The van der Waals surface area contributed by atoms with Gasteiger partial charge in [-0.05, 0) is 36.6 Å². The number of sulfone groups is 1. The van der Waals surface area contributed by atoms with Gasteiger partial charge in [0.15, 0.2) is 5.03 Å². The quantitative estimate of drug-likeness (QED) is 0.863. The standard InChI is InChI=1S/C15H17NO2S/c1-11(2)14-5-4-10-16-15(14)19(17,18)13-8-6-12(3)7-9-13/h4-11H,1-3H3. The lowest BCUT2D eigenvalue weighted by Gasteiger charge is -2.12. The molecule has 0 N–H and O–H groups in total. The monoisotopic (exact) mass is 275 g/mol. The zero-order chi connectivity index (χ0) is 14.0. The molecule has 1 heterocycles. The Bertz CT molecular complexity index is 674. The molecule has 4 heteroatoms. The molecule has 0 aliphatic rings. The Morgan fingerprint density at radius 1 is 1.05 bits per heavy atom. The summed E-state index contributed by atoms with van der Waals surface area (Å²) in [5.74, 6) is 0.115. The highest BCUT2D eigenvalue weighted by Gasteiger charge is 2.23. The van der Waals surface area contributed by atoms with Gasteiger partial charge in [-0.3, -0.25) is 0 Å². The first-order chi connectivity index (χ1) is 8.93. The van der Waals surface area contributed by atoms with Gasteiger partial charge in [-0.15, -0.1) is 0 Å². The van der Waals surface area contributed by atoms with Crippen LogP contribution in [0.5, 0.6) is 0 Å². The number of aryl methyl sites for hydroxylation is 1. The Balaban J connectivity index is 2.60. The third-order valence-corrected chi connectivity index (χ3v) is 4.75. The largest absolute Gasteiger partial charge is 0.244 e. The highest BCUT2D eigenvalue weighted by molar-refractivity contribution is 7.91. The molecule has 0 saturated heterocycles. The van der Waals surface area contributed by atoms with E-state index in [1.165, 1.54) is 6.20 Å². The number of aromatic nitrogens is 1. The molecule has 19 heavy (non-hydrogen) atoms. The second kappa shape index (κ2) is 5.13. The molecule has 0 radical (unpaired) electrons. The van der Waals surface area contributed by atoms with Gasteiger partial charge in [0, 0.05) is 6.20 Å². The van der Waals surface area contributed by atoms with Crippen molar-refractivity contribution in [3.8, 4) is 0 Å². The van der Waals surface area contributed by atoms with E-state index in [1.807, 2.05) is 26.8 Å². The van der Waals surface area contributed by atoms with Crippen LogP contribution in [0.25, 0.3) is 0 Å². The summed E-state index contributed by atoms with van der Waals surface area (Å²) in [7, 11) is -3.54. The van der Waals surface area contributed by atoms with Crippen LogP contribution < -0.4 is 0 Å². The fraction of sp³-hybridized carbons (Fsp3) is 0.267. The number of hydrogen-bond donors (Lipinski definition) is 0. The fourth-order valence-corrected chi connectivity index (χ4v) is 3.43. The van der Waals surface area contributed by atoms with E-state index in [2.05, 4.69) is 4.98 Å². The first-order valence-corrected chi connectivity index (χ1v) is 7.68. The summed E-state index contributed by atoms with van der Waals surface area (Å²) in [6.45, 7) is 5.85. The van der Waals surface area contributed by atoms with E-state index in [-0.39, 0.29) is 10.9 Å². The average Bonchev–Trinajstić information content (AvgIpc) is 2.39. The first kappa shape index (κ1) is 13.7. The molecule has 0 atom stereocenters. The number of benzene rings is 1. The maximum atomic E-state index is 12.6. The van der Waals surface area contributed by atoms with E-state index in [0.717, 1.165) is 11.1 Å². The average molecular weight is 275 g/mol. The van der Waals surface area contributed by atoms with Crippen molar-refractivity contribution >= 4 is 9.84 Å². The van der Waals surface area contributed by atoms with Crippen LogP contribution in [0.3, 0.4) is 0 Å². The molecule has 0 saturated carbocycles. The van der Waals surface area contributed by atoms with Crippen molar-refractivity contribution < 1.29 is 8.42 Å². The van der Waals surface area contributed by atoms with E-state index in [1.54, 1.807) is 30.3 Å². The number of pyridine rings is 1. The van der Waals surface area contributed by atoms with Crippen LogP contribution in [0, 0.1) is 6.92 Å². The number of rotatable bonds is 3. The van der Waals surface area contributed by atoms with Gasteiger partial charge in [0.2, 0.25) is 9.84 Å². The van der Waals surface area contributed by atoms with E-state index in [4.69, 9.17) is 0 Å². The van der Waals surface area contributed by atoms with Crippen LogP contribution in [0.15, 0.2) is 52.5 Å². The van der Waals surface area contributed by atoms with Crippen LogP contribution in [0.4, 0.5) is 0 Å². The van der Waals surface area contributed by atoms with Gasteiger partial charge >= 0.3 is 0 Å². The van der Waals surface area contributed by atoms with Crippen molar-refractivity contribution in [2.24, 2.45) is 0 Å². The third kappa shape index (κ3) is 2.68. The molecular formula is C15H17NO2S. The van der Waals surface area contributed by atoms with Crippen molar-refractivity contribution in [2.45, 2.75) is 36.6 Å². The first-order valence-electron chi connectivity index (χ1n) is 6.19. The summed E-state index contributed by atoms with van der Waals surface area (Å²) in [5, 5.41) is 0.161. The van der Waals surface area contributed by atoms with Crippen molar-refractivity contribution in [1.82, 2.24) is 4.98 Å². The Labute approximate surface area is 114 Å². The lowest BCUT2D eigenvalue weighted by molar-refractivity contribution is 0.589. The molecule has 0 unspecified atom stereocenters. The number of nitrogens with zero attached hydrogens (tertiary/aromatic N) is 1.